The number of rotatable bonds is 6. The summed E-state index contributed by atoms with van der Waals surface area (Å²) in [5, 5.41) is 11.4. The first-order chi connectivity index (χ1) is 10.1. The topological polar surface area (TPSA) is 61.2 Å². The Hall–Kier alpha value is -2.08. The third kappa shape index (κ3) is 3.33. The van der Waals surface area contributed by atoms with Crippen molar-refractivity contribution < 1.29 is 9.47 Å². The Morgan fingerprint density at radius 1 is 1.19 bits per heavy atom. The third-order valence-electron chi connectivity index (χ3n) is 3.30. The Morgan fingerprint density at radius 2 is 1.86 bits per heavy atom. The van der Waals surface area contributed by atoms with E-state index in [0.717, 1.165) is 29.1 Å². The smallest absolute Gasteiger partial charge is 0.161 e. The highest BCUT2D eigenvalue weighted by atomic mass is 16.5. The minimum absolute atomic E-state index is 0.399. The van der Waals surface area contributed by atoms with Gasteiger partial charge in [0.05, 0.1) is 26.1 Å². The molecule has 1 aromatic heterocycles. The van der Waals surface area contributed by atoms with Gasteiger partial charge in [0.1, 0.15) is 0 Å². The zero-order valence-corrected chi connectivity index (χ0v) is 13.2. The van der Waals surface area contributed by atoms with Gasteiger partial charge in [-0.3, -0.25) is 0 Å². The molecule has 0 aliphatic carbocycles. The van der Waals surface area contributed by atoms with Crippen LogP contribution in [0.25, 0.3) is 11.3 Å². The average molecular weight is 290 g/mol. The molecular weight excluding hydrogens is 268 g/mol. The lowest BCUT2D eigenvalue weighted by Gasteiger charge is -2.16. The van der Waals surface area contributed by atoms with Gasteiger partial charge >= 0.3 is 0 Å². The molecule has 0 radical (unpaired) electrons. The lowest BCUT2D eigenvalue weighted by Crippen LogP contribution is -2.22. The molecule has 6 nitrogen and oxygen atoms in total. The number of benzene rings is 1. The summed E-state index contributed by atoms with van der Waals surface area (Å²) in [4.78, 5) is 0. The fraction of sp³-hybridized carbons (Fsp3) is 0.467. The summed E-state index contributed by atoms with van der Waals surface area (Å²) in [5.41, 5.74) is 3.09. The van der Waals surface area contributed by atoms with Crippen molar-refractivity contribution in [2.45, 2.75) is 26.4 Å². The molecule has 2 rings (SSSR count). The van der Waals surface area contributed by atoms with Gasteiger partial charge < -0.3 is 14.8 Å². The number of methoxy groups -OCH3 is 2. The van der Waals surface area contributed by atoms with Crippen LogP contribution in [0.1, 0.15) is 19.4 Å². The third-order valence-corrected chi connectivity index (χ3v) is 3.30. The number of aryl methyl sites for hydroxylation is 1. The first-order valence-corrected chi connectivity index (χ1v) is 6.90. The monoisotopic (exact) mass is 290 g/mol. The molecule has 0 aliphatic rings. The summed E-state index contributed by atoms with van der Waals surface area (Å²) >= 11 is 0. The van der Waals surface area contributed by atoms with Gasteiger partial charge in [0.15, 0.2) is 11.5 Å². The highest BCUT2D eigenvalue weighted by Gasteiger charge is 2.15. The number of nitrogens with one attached hydrogen (secondary N) is 1. The second-order valence-electron chi connectivity index (χ2n) is 5.14. The number of hydrogen-bond acceptors (Lipinski definition) is 5. The van der Waals surface area contributed by atoms with Gasteiger partial charge in [0.25, 0.3) is 0 Å². The Morgan fingerprint density at radius 3 is 2.38 bits per heavy atom. The summed E-state index contributed by atoms with van der Waals surface area (Å²) < 4.78 is 12.5. The average Bonchev–Trinajstić information content (AvgIpc) is 2.90. The van der Waals surface area contributed by atoms with Gasteiger partial charge in [-0.05, 0) is 17.7 Å². The van der Waals surface area contributed by atoms with Crippen molar-refractivity contribution in [3.8, 4) is 22.8 Å². The van der Waals surface area contributed by atoms with Gasteiger partial charge in [-0.2, -0.15) is 0 Å². The van der Waals surface area contributed by atoms with Crippen molar-refractivity contribution in [1.29, 1.82) is 0 Å². The van der Waals surface area contributed by atoms with Crippen LogP contribution in [0.2, 0.25) is 0 Å². The van der Waals surface area contributed by atoms with Crippen LogP contribution >= 0.6 is 0 Å². The zero-order valence-electron chi connectivity index (χ0n) is 13.2. The van der Waals surface area contributed by atoms with E-state index >= 15 is 0 Å². The Balaban J connectivity index is 2.51. The molecule has 0 saturated carbocycles. The van der Waals surface area contributed by atoms with Crippen LogP contribution in [0, 0.1) is 0 Å². The predicted molar refractivity (Wildman–Crippen MR) is 81.5 cm³/mol. The molecule has 0 aliphatic heterocycles. The fourth-order valence-electron chi connectivity index (χ4n) is 2.15. The largest absolute Gasteiger partial charge is 0.493 e. The summed E-state index contributed by atoms with van der Waals surface area (Å²) in [6, 6.07) is 4.36. The van der Waals surface area contributed by atoms with E-state index in [1.807, 2.05) is 19.2 Å². The minimum Gasteiger partial charge on any atom is -0.493 e. The van der Waals surface area contributed by atoms with Crippen molar-refractivity contribution in [2.75, 3.05) is 14.2 Å². The van der Waals surface area contributed by atoms with Gasteiger partial charge in [0, 0.05) is 25.2 Å². The molecule has 6 heteroatoms. The number of aromatic nitrogens is 3. The molecule has 1 aromatic carbocycles. The van der Waals surface area contributed by atoms with Crippen LogP contribution in [0.4, 0.5) is 0 Å². The molecule has 21 heavy (non-hydrogen) atoms. The number of nitrogens with zero attached hydrogens (tertiary/aromatic N) is 3. The number of ether oxygens (including phenoxy) is 2. The quantitative estimate of drug-likeness (QED) is 0.881. The summed E-state index contributed by atoms with van der Waals surface area (Å²) in [6.45, 7) is 4.97. The summed E-state index contributed by atoms with van der Waals surface area (Å²) in [5.74, 6) is 1.42. The van der Waals surface area contributed by atoms with Crippen LogP contribution in [-0.4, -0.2) is 35.3 Å². The van der Waals surface area contributed by atoms with Crippen LogP contribution < -0.4 is 14.8 Å². The molecule has 0 amide bonds. The Labute approximate surface area is 125 Å². The van der Waals surface area contributed by atoms with Crippen molar-refractivity contribution in [2.24, 2.45) is 7.05 Å². The van der Waals surface area contributed by atoms with Crippen LogP contribution in [-0.2, 0) is 13.6 Å². The molecule has 0 fully saturated rings. The molecule has 0 bridgehead atoms. The molecular formula is C15H22N4O2. The van der Waals surface area contributed by atoms with Crippen LogP contribution in [0.3, 0.4) is 0 Å². The minimum atomic E-state index is 0.399. The van der Waals surface area contributed by atoms with E-state index in [1.165, 1.54) is 0 Å². The van der Waals surface area contributed by atoms with E-state index in [-0.39, 0.29) is 0 Å². The van der Waals surface area contributed by atoms with E-state index in [2.05, 4.69) is 29.5 Å². The van der Waals surface area contributed by atoms with Crippen LogP contribution in [0.5, 0.6) is 11.5 Å². The molecule has 0 saturated heterocycles. The maximum Gasteiger partial charge on any atom is 0.161 e. The highest BCUT2D eigenvalue weighted by Crippen LogP contribution is 2.35. The molecule has 1 heterocycles. The predicted octanol–water partition coefficient (Wildman–Crippen LogP) is 2.00. The molecule has 114 valence electrons. The normalized spacial score (nSPS) is 11.0. The molecule has 0 atom stereocenters. The molecule has 1 N–H and O–H groups in total. The van der Waals surface area contributed by atoms with Gasteiger partial charge in [-0.1, -0.05) is 19.1 Å². The van der Waals surface area contributed by atoms with Gasteiger partial charge in [0.2, 0.25) is 0 Å². The number of hydrogen-bond donors (Lipinski definition) is 1. The first kappa shape index (κ1) is 15.3. The molecule has 2 aromatic rings. The van der Waals surface area contributed by atoms with Gasteiger partial charge in [-0.25, -0.2) is 4.68 Å². The van der Waals surface area contributed by atoms with Crippen LogP contribution in [0.15, 0.2) is 18.3 Å². The van der Waals surface area contributed by atoms with Crippen molar-refractivity contribution in [1.82, 2.24) is 20.3 Å². The zero-order chi connectivity index (χ0) is 15.4. The SMILES string of the molecule is COc1cc(CNC(C)C)c(-c2cnnn2C)cc1OC. The van der Waals surface area contributed by atoms with Crippen molar-refractivity contribution in [3.05, 3.63) is 23.9 Å². The van der Waals surface area contributed by atoms with E-state index in [9.17, 15) is 0 Å². The van der Waals surface area contributed by atoms with E-state index < -0.39 is 0 Å². The van der Waals surface area contributed by atoms with Crippen molar-refractivity contribution >= 4 is 0 Å². The maximum atomic E-state index is 5.40. The Bertz CT molecular complexity index is 608. The lowest BCUT2D eigenvalue weighted by molar-refractivity contribution is 0.354. The van der Waals surface area contributed by atoms with E-state index in [4.69, 9.17) is 9.47 Å². The highest BCUT2D eigenvalue weighted by molar-refractivity contribution is 5.68. The Kier molecular flexibility index (Phi) is 4.80. The first-order valence-electron chi connectivity index (χ1n) is 6.90. The standard InChI is InChI=1S/C15H22N4O2/c1-10(2)16-8-11-6-14(20-4)15(21-5)7-12(11)13-9-17-18-19(13)3/h6-7,9-10,16H,8H2,1-5H3. The van der Waals surface area contributed by atoms with E-state index in [0.29, 0.717) is 11.8 Å². The van der Waals surface area contributed by atoms with Crippen molar-refractivity contribution in [3.63, 3.8) is 0 Å². The fourth-order valence-corrected chi connectivity index (χ4v) is 2.15. The molecule has 0 unspecified atom stereocenters. The maximum absolute atomic E-state index is 5.40. The second kappa shape index (κ2) is 6.58. The molecule has 0 spiro atoms. The summed E-state index contributed by atoms with van der Waals surface area (Å²) in [7, 11) is 5.15. The van der Waals surface area contributed by atoms with E-state index in [1.54, 1.807) is 25.1 Å². The lowest BCUT2D eigenvalue weighted by atomic mass is 10.0. The second-order valence-corrected chi connectivity index (χ2v) is 5.14. The van der Waals surface area contributed by atoms with Gasteiger partial charge in [-0.15, -0.1) is 5.10 Å². The summed E-state index contributed by atoms with van der Waals surface area (Å²) in [6.07, 6.45) is 1.75.